The highest BCUT2D eigenvalue weighted by Gasteiger charge is 2.17. The molecule has 3 nitrogen and oxygen atoms in total. The topological polar surface area (TPSA) is 35.6 Å². The van der Waals surface area contributed by atoms with Crippen LogP contribution >= 0.6 is 11.3 Å². The number of para-hydroxylation sites is 2. The number of nitrogens with zero attached hydrogens (tertiary/aromatic N) is 1. The van der Waals surface area contributed by atoms with Gasteiger partial charge in [0.15, 0.2) is 11.0 Å². The van der Waals surface area contributed by atoms with E-state index in [-0.39, 0.29) is 5.56 Å². The molecule has 4 heteroatoms. The van der Waals surface area contributed by atoms with Gasteiger partial charge in [0.1, 0.15) is 4.53 Å². The average molecular weight is 305 g/mol. The molecule has 0 atom stereocenters. The first-order chi connectivity index (χ1) is 10.8. The van der Waals surface area contributed by atoms with Gasteiger partial charge in [0.25, 0.3) is 0 Å². The number of fused-ring (bicyclic) bond motifs is 3. The third kappa shape index (κ3) is 2.14. The molecular weight excluding hydrogens is 292 g/mol. The van der Waals surface area contributed by atoms with Gasteiger partial charge < -0.3 is 0 Å². The average Bonchev–Trinajstić information content (AvgIpc) is 3.06. The molecule has 0 bridgehead atoms. The van der Waals surface area contributed by atoms with E-state index in [4.69, 9.17) is 0 Å². The predicted molar refractivity (Wildman–Crippen MR) is 90.8 cm³/mol. The number of aromatic nitrogens is 2. The molecular formula is C18H13N2OS+. The first-order valence-electron chi connectivity index (χ1n) is 7.02. The second-order valence-corrected chi connectivity index (χ2v) is 6.02. The lowest BCUT2D eigenvalue weighted by atomic mass is 10.2. The van der Waals surface area contributed by atoms with Crippen LogP contribution < -0.4 is 15.1 Å². The largest absolute Gasteiger partial charge is 0.357 e. The van der Waals surface area contributed by atoms with Crippen LogP contribution in [0, 0.1) is 0 Å². The Morgan fingerprint density at radius 2 is 1.77 bits per heavy atom. The van der Waals surface area contributed by atoms with Crippen LogP contribution in [0.3, 0.4) is 0 Å². The Bertz CT molecular complexity index is 1090. The molecule has 2 aromatic heterocycles. The quantitative estimate of drug-likeness (QED) is 0.560. The van der Waals surface area contributed by atoms with E-state index in [1.807, 2.05) is 72.8 Å². The third-order valence-corrected chi connectivity index (χ3v) is 4.55. The predicted octanol–water partition coefficient (Wildman–Crippen LogP) is 2.54. The Balaban J connectivity index is 1.83. The molecule has 0 saturated carbocycles. The van der Waals surface area contributed by atoms with Crippen LogP contribution in [0.4, 0.5) is 0 Å². The van der Waals surface area contributed by atoms with Gasteiger partial charge in [-0.2, -0.15) is 0 Å². The van der Waals surface area contributed by atoms with Crippen molar-refractivity contribution in [3.63, 3.8) is 0 Å². The van der Waals surface area contributed by atoms with Crippen molar-refractivity contribution >= 4 is 39.5 Å². The number of allylic oxidation sites excluding steroid dienone is 1. The van der Waals surface area contributed by atoms with Gasteiger partial charge in [-0.1, -0.05) is 54.6 Å². The summed E-state index contributed by atoms with van der Waals surface area (Å²) in [5.74, 6) is 0. The number of imidazole rings is 1. The number of rotatable bonds is 2. The smallest absolute Gasteiger partial charge is 0.239 e. The maximum Gasteiger partial charge on any atom is 0.357 e. The molecule has 2 aromatic carbocycles. The van der Waals surface area contributed by atoms with Crippen molar-refractivity contribution in [1.82, 2.24) is 4.40 Å². The third-order valence-electron chi connectivity index (χ3n) is 3.55. The van der Waals surface area contributed by atoms with Gasteiger partial charge in [0.05, 0.1) is 0 Å². The van der Waals surface area contributed by atoms with E-state index >= 15 is 0 Å². The second kappa shape index (κ2) is 5.24. The molecule has 0 aliphatic carbocycles. The van der Waals surface area contributed by atoms with Gasteiger partial charge in [-0.3, -0.25) is 0 Å². The van der Waals surface area contributed by atoms with Crippen molar-refractivity contribution < 1.29 is 4.98 Å². The summed E-state index contributed by atoms with van der Waals surface area (Å²) in [5, 5.41) is 0. The summed E-state index contributed by atoms with van der Waals surface area (Å²) in [5.41, 5.74) is 3.05. The standard InChI is InChI=1S/C18H12N2OS/c21-17-16(12-6-9-13-7-2-1-3-8-13)22-18-19-14-10-4-5-11-15(14)20(17)18/h1-12H/p+1. The van der Waals surface area contributed by atoms with Crippen molar-refractivity contribution in [2.45, 2.75) is 0 Å². The molecule has 0 saturated heterocycles. The molecule has 0 fully saturated rings. The van der Waals surface area contributed by atoms with Crippen molar-refractivity contribution in [2.24, 2.45) is 0 Å². The highest BCUT2D eigenvalue weighted by Crippen LogP contribution is 2.11. The van der Waals surface area contributed by atoms with Crippen LogP contribution in [-0.2, 0) is 0 Å². The zero-order chi connectivity index (χ0) is 14.9. The Labute approximate surface area is 130 Å². The molecule has 1 N–H and O–H groups in total. The molecule has 106 valence electrons. The summed E-state index contributed by atoms with van der Waals surface area (Å²) in [6, 6.07) is 17.9. The lowest BCUT2D eigenvalue weighted by molar-refractivity contribution is -0.308. The Hall–Kier alpha value is -2.72. The van der Waals surface area contributed by atoms with Gasteiger partial charge >= 0.3 is 10.5 Å². The zero-order valence-electron chi connectivity index (χ0n) is 11.7. The van der Waals surface area contributed by atoms with Crippen LogP contribution in [0.5, 0.6) is 0 Å². The summed E-state index contributed by atoms with van der Waals surface area (Å²) in [7, 11) is 0. The molecule has 0 aliphatic rings. The molecule has 4 aromatic rings. The van der Waals surface area contributed by atoms with Crippen LogP contribution in [0.15, 0.2) is 65.5 Å². The highest BCUT2D eigenvalue weighted by atomic mass is 32.1. The van der Waals surface area contributed by atoms with Crippen molar-refractivity contribution in [2.75, 3.05) is 0 Å². The van der Waals surface area contributed by atoms with Crippen molar-refractivity contribution in [3.05, 3.63) is 81.1 Å². The van der Waals surface area contributed by atoms with E-state index in [1.165, 1.54) is 11.3 Å². The zero-order valence-corrected chi connectivity index (χ0v) is 12.5. The summed E-state index contributed by atoms with van der Waals surface area (Å²) in [6.07, 6.45) is 5.79. The van der Waals surface area contributed by atoms with E-state index in [2.05, 4.69) is 4.98 Å². The van der Waals surface area contributed by atoms with E-state index < -0.39 is 0 Å². The van der Waals surface area contributed by atoms with Gasteiger partial charge in [0.2, 0.25) is 0 Å². The molecule has 0 amide bonds. The molecule has 22 heavy (non-hydrogen) atoms. The molecule has 0 unspecified atom stereocenters. The van der Waals surface area contributed by atoms with Gasteiger partial charge in [-0.05, 0) is 35.1 Å². The molecule has 2 heterocycles. The minimum absolute atomic E-state index is 0.0233. The number of aromatic amines is 1. The summed E-state index contributed by atoms with van der Waals surface area (Å²) in [4.78, 5) is 16.7. The fraction of sp³-hybridized carbons (Fsp3) is 0. The molecule has 4 rings (SSSR count). The number of benzene rings is 2. The normalized spacial score (nSPS) is 12.8. The maximum atomic E-state index is 12.5. The Kier molecular flexibility index (Phi) is 3.09. The number of thiazole rings is 1. The summed E-state index contributed by atoms with van der Waals surface area (Å²) in [6.45, 7) is 0. The number of H-pyrrole nitrogens is 1. The van der Waals surface area contributed by atoms with Crippen molar-refractivity contribution in [3.8, 4) is 0 Å². The maximum absolute atomic E-state index is 12.5. The van der Waals surface area contributed by atoms with E-state index in [9.17, 15) is 4.79 Å². The van der Waals surface area contributed by atoms with Crippen LogP contribution in [-0.4, -0.2) is 4.40 Å². The first-order valence-corrected chi connectivity index (χ1v) is 7.83. The number of nitrogens with one attached hydrogen (secondary N) is 1. The molecule has 0 radical (unpaired) electrons. The van der Waals surface area contributed by atoms with E-state index in [0.29, 0.717) is 0 Å². The lowest BCUT2D eigenvalue weighted by Gasteiger charge is -1.87. The monoisotopic (exact) mass is 305 g/mol. The minimum Gasteiger partial charge on any atom is -0.239 e. The van der Waals surface area contributed by atoms with Crippen LogP contribution in [0.2, 0.25) is 0 Å². The fourth-order valence-corrected chi connectivity index (χ4v) is 3.47. The number of hydrogen-bond acceptors (Lipinski definition) is 2. The second-order valence-electron chi connectivity index (χ2n) is 4.99. The Morgan fingerprint density at radius 3 is 2.64 bits per heavy atom. The fourth-order valence-electron chi connectivity index (χ4n) is 2.50. The van der Waals surface area contributed by atoms with Crippen LogP contribution in [0.25, 0.3) is 28.1 Å². The van der Waals surface area contributed by atoms with Crippen molar-refractivity contribution in [1.29, 1.82) is 0 Å². The summed E-state index contributed by atoms with van der Waals surface area (Å²) < 4.78 is 2.46. The lowest BCUT2D eigenvalue weighted by Crippen LogP contribution is -2.22. The minimum atomic E-state index is 0.0233. The van der Waals surface area contributed by atoms with Gasteiger partial charge in [-0.25, -0.2) is 9.78 Å². The van der Waals surface area contributed by atoms with E-state index in [0.717, 1.165) is 26.1 Å². The number of hydrogen-bond donors (Lipinski definition) is 0. The van der Waals surface area contributed by atoms with E-state index in [1.54, 1.807) is 4.40 Å². The molecule has 0 aliphatic heterocycles. The SMILES string of the molecule is O=c1c(=CC=Cc2ccccc2)sc2[nH+]c3ccccc3n12. The highest BCUT2D eigenvalue weighted by molar-refractivity contribution is 7.14. The summed E-state index contributed by atoms with van der Waals surface area (Å²) >= 11 is 1.47. The van der Waals surface area contributed by atoms with Gasteiger partial charge in [0, 0.05) is 0 Å². The van der Waals surface area contributed by atoms with Crippen LogP contribution in [0.1, 0.15) is 5.56 Å². The Morgan fingerprint density at radius 1 is 1.00 bits per heavy atom. The first kappa shape index (κ1) is 13.0. The van der Waals surface area contributed by atoms with Gasteiger partial charge in [-0.15, -0.1) is 4.40 Å². The molecule has 0 spiro atoms.